The summed E-state index contributed by atoms with van der Waals surface area (Å²) in [5, 5.41) is 7.41. The summed E-state index contributed by atoms with van der Waals surface area (Å²) in [4.78, 5) is 2.64. The third-order valence-electron chi connectivity index (χ3n) is 14.6. The van der Waals surface area contributed by atoms with Crippen LogP contribution in [0.3, 0.4) is 0 Å². The van der Waals surface area contributed by atoms with E-state index in [2.05, 4.69) is 226 Å². The van der Waals surface area contributed by atoms with Gasteiger partial charge in [-0.15, -0.1) is 0 Å². The normalized spacial score (nSPS) is 22.2. The van der Waals surface area contributed by atoms with E-state index in [1.54, 1.807) is 10.6 Å². The molecule has 7 heteroatoms. The van der Waals surface area contributed by atoms with Crippen molar-refractivity contribution in [1.82, 2.24) is 9.34 Å². The molecule has 2 nitrogen and oxygen atoms in total. The molecule has 7 rings (SSSR count). The molecule has 0 amide bonds. The zero-order chi connectivity index (χ0) is 40.4. The number of nitrogens with zero attached hydrogens (tertiary/aromatic N) is 2. The van der Waals surface area contributed by atoms with Gasteiger partial charge in [0.2, 0.25) is 5.06 Å². The Morgan fingerprint density at radius 2 is 1.02 bits per heavy atom. The summed E-state index contributed by atoms with van der Waals surface area (Å²) >= 11 is 2.96. The van der Waals surface area contributed by atoms with Crippen LogP contribution in [-0.2, 0) is 6.54 Å². The molecule has 5 aromatic rings. The van der Waals surface area contributed by atoms with E-state index in [1.165, 1.54) is 58.9 Å². The van der Waals surface area contributed by atoms with Crippen molar-refractivity contribution in [3.05, 3.63) is 145 Å². The van der Waals surface area contributed by atoms with Gasteiger partial charge in [0, 0.05) is 13.1 Å². The van der Waals surface area contributed by atoms with E-state index in [0.29, 0.717) is 0 Å². The predicted molar refractivity (Wildman–Crippen MR) is 273 cm³/mol. The van der Waals surface area contributed by atoms with Crippen LogP contribution in [0.4, 0.5) is 0 Å². The highest BCUT2D eigenvalue weighted by atomic mass is 127. The SMILES string of the molecule is C[C@@H]1CCC[C@@H](C)[P+]1(C)c1ccc(CN(C)CCN([P+](I)(c2ccccc2)c2ccccc2)[P+]2(C)[C@H](C)CC[C@H]2C)cc1[P+](C)(c1ccccc1)c1ccccc1. The molecule has 300 valence electrons. The van der Waals surface area contributed by atoms with Crippen LogP contribution in [0.2, 0.25) is 0 Å². The van der Waals surface area contributed by atoms with Gasteiger partial charge in [-0.3, -0.25) is 0 Å². The Labute approximate surface area is 362 Å². The lowest BCUT2D eigenvalue weighted by molar-refractivity contribution is 0.318. The van der Waals surface area contributed by atoms with Crippen molar-refractivity contribution in [2.75, 3.05) is 40.1 Å². The van der Waals surface area contributed by atoms with Crippen LogP contribution in [0.5, 0.6) is 0 Å². The molecule has 2 fully saturated rings. The van der Waals surface area contributed by atoms with Crippen LogP contribution >= 0.6 is 49.0 Å². The maximum atomic E-state index is 3.14. The van der Waals surface area contributed by atoms with E-state index in [1.807, 2.05) is 0 Å². The van der Waals surface area contributed by atoms with Gasteiger partial charge in [0.05, 0.1) is 56.4 Å². The van der Waals surface area contributed by atoms with Gasteiger partial charge in [0.15, 0.2) is 22.0 Å². The number of halogens is 1. The molecule has 0 radical (unpaired) electrons. The summed E-state index contributed by atoms with van der Waals surface area (Å²) in [7, 11) is -2.50. The monoisotopic (exact) mass is 946 g/mol. The van der Waals surface area contributed by atoms with Gasteiger partial charge in [-0.2, -0.15) is 0 Å². The Hall–Kier alpha value is -1.53. The van der Waals surface area contributed by atoms with Gasteiger partial charge in [-0.1, -0.05) is 78.9 Å². The molecule has 2 saturated heterocycles. The molecule has 2 heterocycles. The zero-order valence-corrected chi connectivity index (χ0v) is 41.5. The van der Waals surface area contributed by atoms with Crippen LogP contribution in [0.15, 0.2) is 140 Å². The Balaban J connectivity index is 1.29. The first kappa shape index (κ1) is 43.6. The number of rotatable bonds is 13. The maximum Gasteiger partial charge on any atom is 0.245 e. The lowest BCUT2D eigenvalue weighted by Crippen LogP contribution is -2.44. The summed E-state index contributed by atoms with van der Waals surface area (Å²) in [6, 6.07) is 54.1. The number of hydrogen-bond donors (Lipinski definition) is 0. The van der Waals surface area contributed by atoms with E-state index in [4.69, 9.17) is 0 Å². The first-order chi connectivity index (χ1) is 27.3. The van der Waals surface area contributed by atoms with Gasteiger partial charge in [-0.25, -0.2) is 0 Å². The molecule has 2 aliphatic rings. The standard InChI is InChI=1S/C50H67IN2P4/c1-40-22-21-23-41(2)54(40,6)49-35-34-44(38-50(49)55(7,45-24-13-9-14-25-45)46-26-15-10-16-27-46)39-52(5)36-37-53(56(8)42(3)32-33-43(56)4)57(51,47-28-17-11-18-29-47)48-30-19-12-20-31-48/h9-20,24-31,34-35,38,40-43H,21-23,32-33,36-37,39H2,1-8H3/q+4/t40-,41-,42-,43-/m1/s1. The Morgan fingerprint density at radius 1 is 0.579 bits per heavy atom. The fourth-order valence-corrected chi connectivity index (χ4v) is 35.2. The van der Waals surface area contributed by atoms with Crippen molar-refractivity contribution in [2.24, 2.45) is 0 Å². The first-order valence-corrected chi connectivity index (χ1v) is 32.8. The summed E-state index contributed by atoms with van der Waals surface area (Å²) < 4.78 is 3.14. The molecule has 0 unspecified atom stereocenters. The molecule has 0 aliphatic carbocycles. The molecule has 0 bridgehead atoms. The van der Waals surface area contributed by atoms with Crippen LogP contribution < -0.4 is 31.8 Å². The van der Waals surface area contributed by atoms with E-state index >= 15 is 0 Å². The third-order valence-corrected chi connectivity index (χ3v) is 40.3. The van der Waals surface area contributed by atoms with Crippen LogP contribution in [0, 0.1) is 0 Å². The Morgan fingerprint density at radius 3 is 1.47 bits per heavy atom. The minimum absolute atomic E-state index is 0.737. The highest BCUT2D eigenvalue weighted by molar-refractivity contribution is 14.2. The van der Waals surface area contributed by atoms with Gasteiger partial charge in [0.1, 0.15) is 46.5 Å². The third kappa shape index (κ3) is 8.17. The quantitative estimate of drug-likeness (QED) is 0.0857. The largest absolute Gasteiger partial charge is 0.301 e. The maximum absolute atomic E-state index is 3.14. The molecule has 0 N–H and O–H groups in total. The summed E-state index contributed by atoms with van der Waals surface area (Å²) in [5.74, 6) is 0. The van der Waals surface area contributed by atoms with Gasteiger partial charge in [-0.05, 0) is 138 Å². The van der Waals surface area contributed by atoms with Gasteiger partial charge < -0.3 is 4.90 Å². The smallest absolute Gasteiger partial charge is 0.245 e. The van der Waals surface area contributed by atoms with Gasteiger partial charge in [0.25, 0.3) is 0 Å². The second kappa shape index (κ2) is 18.2. The lowest BCUT2D eigenvalue weighted by Gasteiger charge is -2.41. The van der Waals surface area contributed by atoms with E-state index in [-0.39, 0.29) is 0 Å². The van der Waals surface area contributed by atoms with Crippen molar-refractivity contribution in [1.29, 1.82) is 0 Å². The molecule has 2 aliphatic heterocycles. The predicted octanol–water partition coefficient (Wildman–Crippen LogP) is 11.6. The summed E-state index contributed by atoms with van der Waals surface area (Å²) in [6.07, 6.45) is 6.76. The molecule has 0 saturated carbocycles. The number of likely N-dealkylation sites (N-methyl/N-ethyl adjacent to an activating group) is 1. The molecule has 0 spiro atoms. The lowest BCUT2D eigenvalue weighted by atomic mass is 10.1. The average molecular weight is 947 g/mol. The Kier molecular flexibility index (Phi) is 13.9. The van der Waals surface area contributed by atoms with Crippen molar-refractivity contribution in [2.45, 2.75) is 89.0 Å². The van der Waals surface area contributed by atoms with Crippen LogP contribution in [-0.4, -0.2) is 72.1 Å². The van der Waals surface area contributed by atoms with Crippen LogP contribution in [0.25, 0.3) is 0 Å². The summed E-state index contributed by atoms with van der Waals surface area (Å²) in [6.45, 7) is 21.4. The molecular formula is C50H67IN2P4+4. The fourth-order valence-electron chi connectivity index (χ4n) is 10.3. The van der Waals surface area contributed by atoms with E-state index in [0.717, 1.165) is 42.3 Å². The molecule has 0 aromatic heterocycles. The van der Waals surface area contributed by atoms with E-state index in [9.17, 15) is 0 Å². The van der Waals surface area contributed by atoms with Crippen molar-refractivity contribution in [3.63, 3.8) is 0 Å². The van der Waals surface area contributed by atoms with Gasteiger partial charge >= 0.3 is 0 Å². The average Bonchev–Trinajstić information content (AvgIpc) is 3.50. The van der Waals surface area contributed by atoms with E-state index < -0.39 is 27.0 Å². The van der Waals surface area contributed by atoms with Crippen molar-refractivity contribution < 1.29 is 0 Å². The first-order valence-electron chi connectivity index (χ1n) is 21.4. The molecular weight excluding hydrogens is 879 g/mol. The second-order valence-electron chi connectivity index (χ2n) is 17.7. The number of hydrogen-bond acceptors (Lipinski definition) is 2. The zero-order valence-electron chi connectivity index (χ0n) is 35.8. The summed E-state index contributed by atoms with van der Waals surface area (Å²) in [5.41, 5.74) is 4.42. The molecule has 4 atom stereocenters. The Bertz CT molecular complexity index is 1970. The van der Waals surface area contributed by atoms with Crippen molar-refractivity contribution in [3.8, 4) is 0 Å². The topological polar surface area (TPSA) is 6.48 Å². The minimum Gasteiger partial charge on any atom is -0.301 e. The number of benzene rings is 5. The minimum atomic E-state index is -1.95. The fraction of sp³-hybridized carbons (Fsp3) is 0.400. The second-order valence-corrected chi connectivity index (χ2v) is 37.3. The highest BCUT2D eigenvalue weighted by Gasteiger charge is 2.66. The molecule has 57 heavy (non-hydrogen) atoms. The van der Waals surface area contributed by atoms with Crippen LogP contribution in [0.1, 0.15) is 65.4 Å². The highest BCUT2D eigenvalue weighted by Crippen LogP contribution is 2.85. The van der Waals surface area contributed by atoms with Crippen molar-refractivity contribution >= 4 is 80.9 Å². The molecule has 5 aromatic carbocycles.